The van der Waals surface area contributed by atoms with Crippen LogP contribution in [0.5, 0.6) is 0 Å². The fourth-order valence-corrected chi connectivity index (χ4v) is 1.52. The number of hydrogen-bond donors (Lipinski definition) is 0. The van der Waals surface area contributed by atoms with E-state index in [0.29, 0.717) is 0 Å². The monoisotopic (exact) mass is 124 g/mol. The van der Waals surface area contributed by atoms with Gasteiger partial charge in [-0.2, -0.15) is 0 Å². The molecule has 1 rings (SSSR count). The Morgan fingerprint density at radius 1 is 1.56 bits per heavy atom. The van der Waals surface area contributed by atoms with Gasteiger partial charge < -0.3 is 0 Å². The van der Waals surface area contributed by atoms with Gasteiger partial charge in [0, 0.05) is 0 Å². The molecule has 0 heteroatoms. The predicted octanol–water partition coefficient (Wildman–Crippen LogP) is 2.85. The van der Waals surface area contributed by atoms with Crippen LogP contribution in [-0.4, -0.2) is 0 Å². The molecular formula is C9H16. The van der Waals surface area contributed by atoms with Gasteiger partial charge in [-0.1, -0.05) is 26.0 Å². The maximum absolute atomic E-state index is 3.95. The third-order valence-corrected chi connectivity index (χ3v) is 2.33. The molecule has 0 aromatic rings. The molecule has 0 nitrogen and oxygen atoms in total. The zero-order chi connectivity index (χ0) is 7.02. The summed E-state index contributed by atoms with van der Waals surface area (Å²) < 4.78 is 0. The van der Waals surface area contributed by atoms with Gasteiger partial charge >= 0.3 is 0 Å². The lowest BCUT2D eigenvalue weighted by Gasteiger charge is -2.00. The van der Waals surface area contributed by atoms with Crippen molar-refractivity contribution in [3.63, 3.8) is 0 Å². The summed E-state index contributed by atoms with van der Waals surface area (Å²) in [6.07, 6.45) is 1.40. The third-order valence-electron chi connectivity index (χ3n) is 2.33. The Balaban J connectivity index is 2.33. The molecule has 52 valence electrons. The van der Waals surface area contributed by atoms with Crippen molar-refractivity contribution in [1.29, 1.82) is 0 Å². The molecule has 0 N–H and O–H groups in total. The van der Waals surface area contributed by atoms with Gasteiger partial charge in [-0.3, -0.25) is 0 Å². The molecule has 2 unspecified atom stereocenters. The predicted molar refractivity (Wildman–Crippen MR) is 41.2 cm³/mol. The molecule has 0 aromatic heterocycles. The second-order valence-corrected chi connectivity index (χ2v) is 3.60. The van der Waals surface area contributed by atoms with E-state index in [1.807, 2.05) is 0 Å². The lowest BCUT2D eigenvalue weighted by atomic mass is 10.1. The van der Waals surface area contributed by atoms with Crippen molar-refractivity contribution in [3.05, 3.63) is 12.2 Å². The molecule has 1 fully saturated rings. The number of hydrogen-bond acceptors (Lipinski definition) is 0. The highest BCUT2D eigenvalue weighted by Crippen LogP contribution is 2.47. The van der Waals surface area contributed by atoms with Crippen molar-refractivity contribution in [2.45, 2.75) is 27.2 Å². The average molecular weight is 124 g/mol. The van der Waals surface area contributed by atoms with Crippen LogP contribution in [0.4, 0.5) is 0 Å². The van der Waals surface area contributed by atoms with Crippen LogP contribution in [-0.2, 0) is 0 Å². The Labute approximate surface area is 58.0 Å². The molecule has 9 heavy (non-hydrogen) atoms. The SMILES string of the molecule is C=C(C)C1CC1C(C)C. The van der Waals surface area contributed by atoms with Crippen molar-refractivity contribution in [2.75, 3.05) is 0 Å². The third kappa shape index (κ3) is 1.35. The lowest BCUT2D eigenvalue weighted by molar-refractivity contribution is 0.537. The highest BCUT2D eigenvalue weighted by atomic mass is 14.4. The minimum absolute atomic E-state index is 0.866. The van der Waals surface area contributed by atoms with Crippen LogP contribution in [0.2, 0.25) is 0 Å². The van der Waals surface area contributed by atoms with Crippen molar-refractivity contribution < 1.29 is 0 Å². The topological polar surface area (TPSA) is 0 Å². The summed E-state index contributed by atoms with van der Waals surface area (Å²) in [6, 6.07) is 0. The smallest absolute Gasteiger partial charge is 0.0175 e. The summed E-state index contributed by atoms with van der Waals surface area (Å²) in [7, 11) is 0. The number of allylic oxidation sites excluding steroid dienone is 1. The molecular weight excluding hydrogens is 108 g/mol. The fraction of sp³-hybridized carbons (Fsp3) is 0.778. The number of rotatable bonds is 2. The first-order valence-electron chi connectivity index (χ1n) is 3.78. The summed E-state index contributed by atoms with van der Waals surface area (Å²) in [5.74, 6) is 2.69. The summed E-state index contributed by atoms with van der Waals surface area (Å²) in [5.41, 5.74) is 1.38. The zero-order valence-corrected chi connectivity index (χ0v) is 6.65. The van der Waals surface area contributed by atoms with Gasteiger partial charge in [-0.25, -0.2) is 0 Å². The Hall–Kier alpha value is -0.260. The maximum Gasteiger partial charge on any atom is -0.0175 e. The van der Waals surface area contributed by atoms with E-state index >= 15 is 0 Å². The molecule has 0 heterocycles. The Kier molecular flexibility index (Phi) is 1.65. The lowest BCUT2D eigenvalue weighted by Crippen LogP contribution is -1.92. The van der Waals surface area contributed by atoms with E-state index in [0.717, 1.165) is 17.8 Å². The van der Waals surface area contributed by atoms with E-state index in [-0.39, 0.29) is 0 Å². The summed E-state index contributed by atoms with van der Waals surface area (Å²) in [4.78, 5) is 0. The van der Waals surface area contributed by atoms with Gasteiger partial charge in [0.2, 0.25) is 0 Å². The first-order valence-corrected chi connectivity index (χ1v) is 3.78. The van der Waals surface area contributed by atoms with E-state index in [4.69, 9.17) is 0 Å². The van der Waals surface area contributed by atoms with Crippen molar-refractivity contribution in [1.82, 2.24) is 0 Å². The molecule has 0 spiro atoms. The standard InChI is InChI=1S/C9H16/c1-6(2)8-5-9(8)7(3)4/h7-9H,1,5H2,2-4H3. The van der Waals surface area contributed by atoms with E-state index in [9.17, 15) is 0 Å². The van der Waals surface area contributed by atoms with Crippen molar-refractivity contribution in [2.24, 2.45) is 17.8 Å². The Bertz CT molecular complexity index is 122. The second-order valence-electron chi connectivity index (χ2n) is 3.60. The molecule has 0 saturated heterocycles. The molecule has 1 aliphatic rings. The average Bonchev–Trinajstić information content (AvgIpc) is 2.39. The minimum atomic E-state index is 0.866. The largest absolute Gasteiger partial charge is 0.0999 e. The first-order chi connectivity index (χ1) is 4.13. The first kappa shape index (κ1) is 6.85. The fourth-order valence-electron chi connectivity index (χ4n) is 1.52. The van der Waals surface area contributed by atoms with Crippen molar-refractivity contribution in [3.8, 4) is 0 Å². The van der Waals surface area contributed by atoms with E-state index < -0.39 is 0 Å². The Morgan fingerprint density at radius 3 is 2.22 bits per heavy atom. The highest BCUT2D eigenvalue weighted by molar-refractivity contribution is 5.09. The van der Waals surface area contributed by atoms with Gasteiger partial charge in [-0.05, 0) is 31.1 Å². The summed E-state index contributed by atoms with van der Waals surface area (Å²) >= 11 is 0. The van der Waals surface area contributed by atoms with Crippen LogP contribution in [0, 0.1) is 17.8 Å². The zero-order valence-electron chi connectivity index (χ0n) is 6.65. The van der Waals surface area contributed by atoms with E-state index in [1.54, 1.807) is 0 Å². The van der Waals surface area contributed by atoms with Crippen LogP contribution in [0.1, 0.15) is 27.2 Å². The summed E-state index contributed by atoms with van der Waals surface area (Å²) in [6.45, 7) is 10.7. The molecule has 1 saturated carbocycles. The van der Waals surface area contributed by atoms with Gasteiger partial charge in [0.15, 0.2) is 0 Å². The second kappa shape index (κ2) is 2.17. The molecule has 0 amide bonds. The quantitative estimate of drug-likeness (QED) is 0.496. The highest BCUT2D eigenvalue weighted by Gasteiger charge is 2.39. The molecule has 1 aliphatic carbocycles. The van der Waals surface area contributed by atoms with Crippen LogP contribution >= 0.6 is 0 Å². The van der Waals surface area contributed by atoms with E-state index in [2.05, 4.69) is 27.4 Å². The van der Waals surface area contributed by atoms with Gasteiger partial charge in [0.25, 0.3) is 0 Å². The minimum Gasteiger partial charge on any atom is -0.0999 e. The molecule has 0 aromatic carbocycles. The molecule has 0 radical (unpaired) electrons. The van der Waals surface area contributed by atoms with Crippen molar-refractivity contribution >= 4 is 0 Å². The maximum atomic E-state index is 3.95. The van der Waals surface area contributed by atoms with Gasteiger partial charge in [-0.15, -0.1) is 0 Å². The van der Waals surface area contributed by atoms with Crippen LogP contribution < -0.4 is 0 Å². The van der Waals surface area contributed by atoms with Gasteiger partial charge in [0.1, 0.15) is 0 Å². The summed E-state index contributed by atoms with van der Waals surface area (Å²) in [5, 5.41) is 0. The van der Waals surface area contributed by atoms with Crippen LogP contribution in [0.15, 0.2) is 12.2 Å². The van der Waals surface area contributed by atoms with Crippen LogP contribution in [0.3, 0.4) is 0 Å². The molecule has 2 atom stereocenters. The van der Waals surface area contributed by atoms with Crippen LogP contribution in [0.25, 0.3) is 0 Å². The Morgan fingerprint density at radius 2 is 2.11 bits per heavy atom. The van der Waals surface area contributed by atoms with E-state index in [1.165, 1.54) is 12.0 Å². The van der Waals surface area contributed by atoms with Gasteiger partial charge in [0.05, 0.1) is 0 Å². The molecule has 0 bridgehead atoms. The normalized spacial score (nSPS) is 32.9. The molecule has 0 aliphatic heterocycles.